The number of amides is 4. The van der Waals surface area contributed by atoms with Gasteiger partial charge in [0.25, 0.3) is 5.91 Å². The SMILES string of the molecule is Cc1ccc(C(=O)Nc2ccc(N3CCC(N(C)Cc4cccc(N5CCC(=O)NC5=O)c4)CC3)c(C(F)(F)F)c2)cc1C#Cc1cnc2cccnn12. The molecule has 4 amide bonds. The lowest BCUT2D eigenvalue weighted by Gasteiger charge is -2.39. The van der Waals surface area contributed by atoms with Crippen LogP contribution >= 0.6 is 0 Å². The Kier molecular flexibility index (Phi) is 10.1. The number of halogens is 3. The third kappa shape index (κ3) is 7.91. The zero-order chi connectivity index (χ0) is 38.0. The molecule has 2 N–H and O–H groups in total. The van der Waals surface area contributed by atoms with E-state index in [1.807, 2.05) is 44.3 Å². The third-order valence-corrected chi connectivity index (χ3v) is 9.80. The van der Waals surface area contributed by atoms with Gasteiger partial charge in [-0.05, 0) is 98.5 Å². The highest BCUT2D eigenvalue weighted by Gasteiger charge is 2.36. The van der Waals surface area contributed by atoms with E-state index in [2.05, 4.69) is 37.5 Å². The van der Waals surface area contributed by atoms with E-state index >= 15 is 0 Å². The molecule has 11 nitrogen and oxygen atoms in total. The van der Waals surface area contributed by atoms with Crippen molar-refractivity contribution in [2.75, 3.05) is 41.8 Å². The average molecular weight is 735 g/mol. The Morgan fingerprint density at radius 3 is 2.59 bits per heavy atom. The van der Waals surface area contributed by atoms with Crippen molar-refractivity contribution in [1.29, 1.82) is 0 Å². The standard InChI is InChI=1S/C40H37F3N8O3/c1-26-8-9-29(22-28(26)10-12-33-24-44-36-7-4-17-45-51(33)36)38(53)46-30-11-13-35(34(23-30)40(41,42)43)49-18-14-31(15-19-49)48(2)25-27-5-3-6-32(21-27)50-20-16-37(52)47-39(50)54/h3-9,11,13,17,21-24,31H,14-16,18-20,25H2,1-2H3,(H,46,53)(H,47,52,54). The molecular formula is C40H37F3N8O3. The van der Waals surface area contributed by atoms with E-state index < -0.39 is 23.7 Å². The molecule has 2 fully saturated rings. The van der Waals surface area contributed by atoms with Crippen molar-refractivity contribution in [3.8, 4) is 11.8 Å². The van der Waals surface area contributed by atoms with Gasteiger partial charge in [-0.2, -0.15) is 18.3 Å². The lowest BCUT2D eigenvalue weighted by Crippen LogP contribution is -2.49. The van der Waals surface area contributed by atoms with Gasteiger partial charge in [0.05, 0.1) is 11.8 Å². The number of imidazole rings is 1. The maximum Gasteiger partial charge on any atom is 0.418 e. The van der Waals surface area contributed by atoms with Crippen LogP contribution < -0.4 is 20.4 Å². The second-order valence-electron chi connectivity index (χ2n) is 13.5. The Hall–Kier alpha value is -6.20. The molecule has 7 rings (SSSR count). The Labute approximate surface area is 309 Å². The van der Waals surface area contributed by atoms with Crippen LogP contribution in [0.4, 0.5) is 35.0 Å². The summed E-state index contributed by atoms with van der Waals surface area (Å²) in [6.07, 6.45) is 0.122. The monoisotopic (exact) mass is 734 g/mol. The molecule has 0 radical (unpaired) electrons. The maximum absolute atomic E-state index is 14.5. The quantitative estimate of drug-likeness (QED) is 0.190. The number of anilines is 3. The van der Waals surface area contributed by atoms with E-state index in [4.69, 9.17) is 0 Å². The van der Waals surface area contributed by atoms with Crippen molar-refractivity contribution in [2.24, 2.45) is 0 Å². The molecule has 2 aliphatic rings. The molecule has 0 bridgehead atoms. The number of imide groups is 1. The number of piperidine rings is 1. The number of rotatable bonds is 7. The Morgan fingerprint density at radius 2 is 1.81 bits per heavy atom. The van der Waals surface area contributed by atoms with Crippen molar-refractivity contribution in [3.63, 3.8) is 0 Å². The maximum atomic E-state index is 14.5. The minimum atomic E-state index is -4.65. The number of carbonyl (C=O) groups excluding carboxylic acids is 3. The number of aromatic nitrogens is 3. The number of fused-ring (bicyclic) bond motifs is 1. The van der Waals surface area contributed by atoms with Crippen LogP contribution in [0.2, 0.25) is 0 Å². The first-order chi connectivity index (χ1) is 25.9. The fraction of sp³-hybridized carbons (Fsp3) is 0.275. The van der Waals surface area contributed by atoms with E-state index in [9.17, 15) is 27.6 Å². The molecule has 276 valence electrons. The van der Waals surface area contributed by atoms with Crippen LogP contribution in [-0.2, 0) is 17.5 Å². The minimum absolute atomic E-state index is 0.0339. The first kappa shape index (κ1) is 36.2. The number of hydrogen-bond acceptors (Lipinski definition) is 7. The van der Waals surface area contributed by atoms with E-state index in [0.29, 0.717) is 61.6 Å². The first-order valence-electron chi connectivity index (χ1n) is 17.5. The van der Waals surface area contributed by atoms with Gasteiger partial charge in [0.15, 0.2) is 5.65 Å². The van der Waals surface area contributed by atoms with Crippen molar-refractivity contribution < 1.29 is 27.6 Å². The molecule has 0 unspecified atom stereocenters. The Morgan fingerprint density at radius 1 is 1.00 bits per heavy atom. The molecule has 3 aromatic carbocycles. The second-order valence-corrected chi connectivity index (χ2v) is 13.5. The van der Waals surface area contributed by atoms with Gasteiger partial charge in [0.1, 0.15) is 5.69 Å². The number of benzene rings is 3. The fourth-order valence-corrected chi connectivity index (χ4v) is 6.86. The molecule has 14 heteroatoms. The number of nitrogens with zero attached hydrogens (tertiary/aromatic N) is 6. The molecule has 4 heterocycles. The Bertz CT molecular complexity index is 2300. The molecule has 0 aliphatic carbocycles. The Balaban J connectivity index is 0.999. The summed E-state index contributed by atoms with van der Waals surface area (Å²) in [5, 5.41) is 9.24. The van der Waals surface area contributed by atoms with E-state index in [0.717, 1.165) is 17.2 Å². The normalized spacial score (nSPS) is 15.3. The van der Waals surface area contributed by atoms with E-state index in [1.54, 1.807) is 46.1 Å². The van der Waals surface area contributed by atoms with E-state index in [-0.39, 0.29) is 35.3 Å². The van der Waals surface area contributed by atoms with Crippen LogP contribution in [0.25, 0.3) is 5.65 Å². The summed E-state index contributed by atoms with van der Waals surface area (Å²) in [6.45, 7) is 3.60. The molecule has 2 aromatic heterocycles. The molecule has 2 aliphatic heterocycles. The molecule has 0 atom stereocenters. The molecule has 0 spiro atoms. The first-order valence-corrected chi connectivity index (χ1v) is 17.5. The van der Waals surface area contributed by atoms with Gasteiger partial charge in [-0.1, -0.05) is 24.1 Å². The highest BCUT2D eigenvalue weighted by molar-refractivity contribution is 6.06. The summed E-state index contributed by atoms with van der Waals surface area (Å²) >= 11 is 0. The van der Waals surface area contributed by atoms with E-state index in [1.165, 1.54) is 17.0 Å². The summed E-state index contributed by atoms with van der Waals surface area (Å²) < 4.78 is 45.0. The second kappa shape index (κ2) is 15.0. The van der Waals surface area contributed by atoms with Gasteiger partial charge in [-0.3, -0.25) is 24.7 Å². The number of aryl methyl sites for hydroxylation is 1. The van der Waals surface area contributed by atoms with Crippen molar-refractivity contribution in [1.82, 2.24) is 24.8 Å². The number of urea groups is 1. The van der Waals surface area contributed by atoms with Crippen molar-refractivity contribution >= 4 is 40.6 Å². The summed E-state index contributed by atoms with van der Waals surface area (Å²) in [5.41, 5.74) is 3.87. The number of nitrogens with one attached hydrogen (secondary N) is 2. The summed E-state index contributed by atoms with van der Waals surface area (Å²) in [5.74, 6) is 5.25. The predicted molar refractivity (Wildman–Crippen MR) is 198 cm³/mol. The lowest BCUT2D eigenvalue weighted by molar-refractivity contribution is -0.137. The number of alkyl halides is 3. The largest absolute Gasteiger partial charge is 0.418 e. The van der Waals surface area contributed by atoms with Crippen molar-refractivity contribution in [2.45, 2.75) is 44.9 Å². The van der Waals surface area contributed by atoms with Gasteiger partial charge in [0, 0.05) is 73.0 Å². The minimum Gasteiger partial charge on any atom is -0.371 e. The zero-order valence-corrected chi connectivity index (χ0v) is 29.7. The molecule has 0 saturated carbocycles. The predicted octanol–water partition coefficient (Wildman–Crippen LogP) is 6.26. The topological polar surface area (TPSA) is 115 Å². The van der Waals surface area contributed by atoms with Gasteiger partial charge >= 0.3 is 12.2 Å². The summed E-state index contributed by atoms with van der Waals surface area (Å²) in [6, 6.07) is 19.7. The average Bonchev–Trinajstić information content (AvgIpc) is 3.57. The van der Waals surface area contributed by atoms with Crippen LogP contribution in [0.1, 0.15) is 57.6 Å². The van der Waals surface area contributed by atoms with Crippen LogP contribution in [0, 0.1) is 18.8 Å². The van der Waals surface area contributed by atoms with Gasteiger partial charge < -0.3 is 10.2 Å². The van der Waals surface area contributed by atoms with Crippen LogP contribution in [0.3, 0.4) is 0 Å². The molecule has 5 aromatic rings. The zero-order valence-electron chi connectivity index (χ0n) is 29.7. The van der Waals surface area contributed by atoms with Crippen LogP contribution in [-0.4, -0.2) is 70.1 Å². The highest BCUT2D eigenvalue weighted by atomic mass is 19.4. The van der Waals surface area contributed by atoms with Gasteiger partial charge in [-0.15, -0.1) is 0 Å². The third-order valence-electron chi connectivity index (χ3n) is 9.80. The summed E-state index contributed by atoms with van der Waals surface area (Å²) in [7, 11) is 1.99. The fourth-order valence-electron chi connectivity index (χ4n) is 6.86. The lowest BCUT2D eigenvalue weighted by atomic mass is 10.0. The van der Waals surface area contributed by atoms with Crippen molar-refractivity contribution in [3.05, 3.63) is 119 Å². The molecule has 2 saturated heterocycles. The van der Waals surface area contributed by atoms with Gasteiger partial charge in [0.2, 0.25) is 5.91 Å². The van der Waals surface area contributed by atoms with Crippen LogP contribution in [0.15, 0.2) is 85.2 Å². The highest BCUT2D eigenvalue weighted by Crippen LogP contribution is 2.39. The molecule has 54 heavy (non-hydrogen) atoms. The van der Waals surface area contributed by atoms with Gasteiger partial charge in [-0.25, -0.2) is 14.3 Å². The molecular weight excluding hydrogens is 697 g/mol. The smallest absolute Gasteiger partial charge is 0.371 e. The number of hydrogen-bond donors (Lipinski definition) is 2. The number of carbonyl (C=O) groups is 3. The summed E-state index contributed by atoms with van der Waals surface area (Å²) in [4.78, 5) is 46.9. The van der Waals surface area contributed by atoms with Crippen LogP contribution in [0.5, 0.6) is 0 Å².